The molecule has 3 aromatic rings. The van der Waals surface area contributed by atoms with Gasteiger partial charge in [-0.25, -0.2) is 10.4 Å². The minimum absolute atomic E-state index is 0.0430. The molecule has 39 heavy (non-hydrogen) atoms. The van der Waals surface area contributed by atoms with Crippen molar-refractivity contribution in [3.8, 4) is 5.75 Å². The van der Waals surface area contributed by atoms with Gasteiger partial charge in [0.05, 0.1) is 15.5 Å². The minimum atomic E-state index is -1.38. The standard InChI is InChI=1S/C26H23ClN4O8/c1-14-10-18(7-9-22(14)31(38)39)24(34)30(29-15(2)26(36)37)25(35)20-8-6-17(12-21(20)27)23(33)28-13-16-4-3-5-19(32)11-16/h3-12,15,29,32H,13H2,1-2H3,(H,28,33)(H,36,37)/t15-/m0/s1. The Labute approximate surface area is 226 Å². The maximum absolute atomic E-state index is 13.4. The van der Waals surface area contributed by atoms with E-state index in [1.54, 1.807) is 12.1 Å². The maximum Gasteiger partial charge on any atom is 0.322 e. The molecule has 0 heterocycles. The van der Waals surface area contributed by atoms with Crippen molar-refractivity contribution in [1.29, 1.82) is 0 Å². The van der Waals surface area contributed by atoms with Crippen LogP contribution < -0.4 is 10.7 Å². The lowest BCUT2D eigenvalue weighted by atomic mass is 10.1. The van der Waals surface area contributed by atoms with Gasteiger partial charge in [0.1, 0.15) is 11.8 Å². The Balaban J connectivity index is 1.87. The third-order valence-corrected chi connectivity index (χ3v) is 5.88. The van der Waals surface area contributed by atoms with E-state index in [2.05, 4.69) is 10.7 Å². The molecule has 202 valence electrons. The fraction of sp³-hybridized carbons (Fsp3) is 0.154. The molecule has 0 saturated carbocycles. The smallest absolute Gasteiger partial charge is 0.322 e. The van der Waals surface area contributed by atoms with Crippen molar-refractivity contribution in [2.75, 3.05) is 0 Å². The summed E-state index contributed by atoms with van der Waals surface area (Å²) in [5.74, 6) is -3.83. The van der Waals surface area contributed by atoms with Gasteiger partial charge < -0.3 is 15.5 Å². The van der Waals surface area contributed by atoms with Gasteiger partial charge in [-0.1, -0.05) is 23.7 Å². The molecule has 0 unspecified atom stereocenters. The first kappa shape index (κ1) is 28.8. The molecule has 0 aliphatic heterocycles. The zero-order valence-electron chi connectivity index (χ0n) is 20.7. The monoisotopic (exact) mass is 554 g/mol. The number of rotatable bonds is 9. The highest BCUT2D eigenvalue weighted by Gasteiger charge is 2.30. The van der Waals surface area contributed by atoms with Gasteiger partial charge >= 0.3 is 5.97 Å². The Morgan fingerprint density at radius 3 is 2.31 bits per heavy atom. The highest BCUT2D eigenvalue weighted by Crippen LogP contribution is 2.23. The van der Waals surface area contributed by atoms with Crippen LogP contribution in [0.3, 0.4) is 0 Å². The molecule has 3 rings (SSSR count). The lowest BCUT2D eigenvalue weighted by molar-refractivity contribution is -0.385. The third-order valence-electron chi connectivity index (χ3n) is 5.57. The second-order valence-electron chi connectivity index (χ2n) is 8.44. The zero-order valence-corrected chi connectivity index (χ0v) is 21.4. The summed E-state index contributed by atoms with van der Waals surface area (Å²) in [5, 5.41) is 32.9. The molecule has 0 fully saturated rings. The first-order valence-electron chi connectivity index (χ1n) is 11.4. The molecule has 0 aliphatic rings. The number of aromatic hydroxyl groups is 1. The van der Waals surface area contributed by atoms with Crippen LogP contribution in [0.2, 0.25) is 5.02 Å². The number of nitro groups is 1. The number of aliphatic carboxylic acids is 1. The number of carboxylic acid groups (broad SMARTS) is 1. The summed E-state index contributed by atoms with van der Waals surface area (Å²) in [6, 6.07) is 12.1. The number of halogens is 1. The number of carbonyl (C=O) groups excluding carboxylic acids is 3. The van der Waals surface area contributed by atoms with Crippen molar-refractivity contribution in [3.05, 3.63) is 104 Å². The number of nitrogens with one attached hydrogen (secondary N) is 2. The molecule has 0 radical (unpaired) electrons. The van der Waals surface area contributed by atoms with Gasteiger partial charge in [-0.05, 0) is 61.9 Å². The van der Waals surface area contributed by atoms with Crippen LogP contribution in [-0.4, -0.2) is 49.9 Å². The number of benzene rings is 3. The molecule has 3 amide bonds. The predicted molar refractivity (Wildman–Crippen MR) is 139 cm³/mol. The van der Waals surface area contributed by atoms with Crippen LogP contribution in [0.1, 0.15) is 49.1 Å². The van der Waals surface area contributed by atoms with E-state index in [0.717, 1.165) is 12.1 Å². The van der Waals surface area contributed by atoms with Gasteiger partial charge in [-0.3, -0.25) is 29.3 Å². The summed E-state index contributed by atoms with van der Waals surface area (Å²) in [6.07, 6.45) is 0. The van der Waals surface area contributed by atoms with Crippen LogP contribution >= 0.6 is 11.6 Å². The molecular weight excluding hydrogens is 532 g/mol. The Morgan fingerprint density at radius 1 is 1.03 bits per heavy atom. The van der Waals surface area contributed by atoms with Crippen molar-refractivity contribution in [3.63, 3.8) is 0 Å². The number of amides is 3. The third kappa shape index (κ3) is 6.94. The van der Waals surface area contributed by atoms with Gasteiger partial charge in [-0.2, -0.15) is 0 Å². The van der Waals surface area contributed by atoms with Crippen molar-refractivity contribution in [2.45, 2.75) is 26.4 Å². The number of imide groups is 1. The van der Waals surface area contributed by atoms with Gasteiger partial charge in [0.15, 0.2) is 0 Å². The van der Waals surface area contributed by atoms with Crippen LogP contribution in [0.25, 0.3) is 0 Å². The molecule has 0 saturated heterocycles. The first-order chi connectivity index (χ1) is 18.4. The molecular formula is C26H23ClN4O8. The number of phenols is 1. The highest BCUT2D eigenvalue weighted by molar-refractivity contribution is 6.34. The molecule has 3 aromatic carbocycles. The van der Waals surface area contributed by atoms with E-state index in [0.29, 0.717) is 10.6 Å². The van der Waals surface area contributed by atoms with E-state index < -0.39 is 34.7 Å². The van der Waals surface area contributed by atoms with Crippen LogP contribution in [0.4, 0.5) is 5.69 Å². The number of carbonyl (C=O) groups is 4. The van der Waals surface area contributed by atoms with E-state index >= 15 is 0 Å². The van der Waals surface area contributed by atoms with Crippen LogP contribution in [-0.2, 0) is 11.3 Å². The number of nitro benzene ring substituents is 1. The fourth-order valence-electron chi connectivity index (χ4n) is 3.48. The number of nitrogens with zero attached hydrogens (tertiary/aromatic N) is 2. The van der Waals surface area contributed by atoms with E-state index in [4.69, 9.17) is 11.6 Å². The van der Waals surface area contributed by atoms with E-state index in [9.17, 15) is 39.5 Å². The van der Waals surface area contributed by atoms with Gasteiger partial charge in [0.2, 0.25) is 0 Å². The Hall–Kier alpha value is -4.81. The van der Waals surface area contributed by atoms with Gasteiger partial charge in [-0.15, -0.1) is 0 Å². The Kier molecular flexibility index (Phi) is 8.96. The zero-order chi connectivity index (χ0) is 28.9. The van der Waals surface area contributed by atoms with Crippen molar-refractivity contribution < 1.29 is 34.3 Å². The second kappa shape index (κ2) is 12.2. The summed E-state index contributed by atoms with van der Waals surface area (Å²) in [4.78, 5) is 61.1. The Bertz CT molecular complexity index is 1480. The molecule has 4 N–H and O–H groups in total. The van der Waals surface area contributed by atoms with E-state index in [1.165, 1.54) is 50.2 Å². The van der Waals surface area contributed by atoms with E-state index in [-0.39, 0.29) is 45.3 Å². The average molecular weight is 555 g/mol. The average Bonchev–Trinajstić information content (AvgIpc) is 2.89. The number of hydrogen-bond donors (Lipinski definition) is 4. The van der Waals surface area contributed by atoms with Crippen molar-refractivity contribution in [1.82, 2.24) is 15.8 Å². The lowest BCUT2D eigenvalue weighted by Crippen LogP contribution is -2.53. The summed E-state index contributed by atoms with van der Waals surface area (Å²) < 4.78 is 0. The number of hydrogen-bond acceptors (Lipinski definition) is 8. The van der Waals surface area contributed by atoms with Gasteiger partial charge in [0, 0.05) is 29.3 Å². The number of carboxylic acids is 1. The largest absolute Gasteiger partial charge is 0.508 e. The van der Waals surface area contributed by atoms with Gasteiger partial charge in [0.25, 0.3) is 23.4 Å². The second-order valence-corrected chi connectivity index (χ2v) is 8.85. The predicted octanol–water partition coefficient (Wildman–Crippen LogP) is 3.45. The summed E-state index contributed by atoms with van der Waals surface area (Å²) in [7, 11) is 0. The van der Waals surface area contributed by atoms with Crippen LogP contribution in [0.5, 0.6) is 5.75 Å². The molecule has 0 aromatic heterocycles. The van der Waals surface area contributed by atoms with Crippen molar-refractivity contribution >= 4 is 41.0 Å². The Morgan fingerprint density at radius 2 is 1.72 bits per heavy atom. The number of phenolic OH excluding ortho intramolecular Hbond substituents is 1. The summed E-state index contributed by atoms with van der Waals surface area (Å²) in [5.41, 5.74) is 2.66. The number of hydrazine groups is 1. The molecule has 12 nitrogen and oxygen atoms in total. The van der Waals surface area contributed by atoms with Crippen LogP contribution in [0, 0.1) is 17.0 Å². The quantitative estimate of drug-likeness (QED) is 0.175. The highest BCUT2D eigenvalue weighted by atomic mass is 35.5. The number of aryl methyl sites for hydroxylation is 1. The first-order valence-corrected chi connectivity index (χ1v) is 11.7. The summed E-state index contributed by atoms with van der Waals surface area (Å²) >= 11 is 6.29. The molecule has 13 heteroatoms. The normalized spacial score (nSPS) is 11.4. The van der Waals surface area contributed by atoms with E-state index in [1.807, 2.05) is 0 Å². The molecule has 0 spiro atoms. The molecule has 1 atom stereocenters. The van der Waals surface area contributed by atoms with Crippen molar-refractivity contribution in [2.24, 2.45) is 0 Å². The molecule has 0 aliphatic carbocycles. The maximum atomic E-state index is 13.4. The fourth-order valence-corrected chi connectivity index (χ4v) is 3.74. The topological polar surface area (TPSA) is 179 Å². The summed E-state index contributed by atoms with van der Waals surface area (Å²) in [6.45, 7) is 2.73. The minimum Gasteiger partial charge on any atom is -0.508 e. The SMILES string of the molecule is Cc1cc(C(=O)N(N[C@@H](C)C(=O)O)C(=O)c2ccc(C(=O)NCc3cccc(O)c3)cc2Cl)ccc1[N+](=O)[O-]. The lowest BCUT2D eigenvalue weighted by Gasteiger charge is -2.24. The van der Waals surface area contributed by atoms with Crippen LogP contribution in [0.15, 0.2) is 60.7 Å². The molecule has 0 bridgehead atoms.